The minimum atomic E-state index is -3.21. The van der Waals surface area contributed by atoms with Gasteiger partial charge in [0, 0.05) is 60.3 Å². The molecule has 1 saturated heterocycles. The van der Waals surface area contributed by atoms with Crippen LogP contribution in [0.15, 0.2) is 52.3 Å². The summed E-state index contributed by atoms with van der Waals surface area (Å²) in [5.74, 6) is 0.855. The molecule has 3 aliphatic heterocycles. The van der Waals surface area contributed by atoms with Gasteiger partial charge in [0.25, 0.3) is 0 Å². The normalized spacial score (nSPS) is 23.3. The molecule has 1 fully saturated rings. The van der Waals surface area contributed by atoms with Crippen LogP contribution in [0.25, 0.3) is 0 Å². The van der Waals surface area contributed by atoms with Crippen LogP contribution in [-0.4, -0.2) is 53.5 Å². The summed E-state index contributed by atoms with van der Waals surface area (Å²) in [5.41, 5.74) is 2.51. The lowest BCUT2D eigenvalue weighted by Crippen LogP contribution is -2.59. The van der Waals surface area contributed by atoms with Gasteiger partial charge in [0.1, 0.15) is 5.75 Å². The van der Waals surface area contributed by atoms with Crippen LogP contribution >= 0.6 is 15.9 Å². The van der Waals surface area contributed by atoms with Crippen molar-refractivity contribution in [2.45, 2.75) is 31.0 Å². The van der Waals surface area contributed by atoms with Crippen LogP contribution in [0.4, 0.5) is 0 Å². The Morgan fingerprint density at radius 3 is 2.59 bits per heavy atom. The molecule has 0 unspecified atom stereocenters. The number of aromatic nitrogens is 1. The SMILES string of the molecule is CS(=O)(=O)N1CCC2(CC1)Oc1ccc(Br)cc1[C@H]1CC(c3ccncc3)=NN12. The maximum Gasteiger partial charge on any atom is 0.211 e. The third-order valence-corrected chi connectivity index (χ3v) is 7.74. The first-order chi connectivity index (χ1) is 13.9. The monoisotopic (exact) mass is 476 g/mol. The van der Waals surface area contributed by atoms with Gasteiger partial charge in [-0.05, 0) is 30.3 Å². The van der Waals surface area contributed by atoms with Gasteiger partial charge >= 0.3 is 0 Å². The Bertz CT molecular complexity index is 1080. The molecule has 152 valence electrons. The number of piperidine rings is 1. The molecule has 7 nitrogen and oxygen atoms in total. The van der Waals surface area contributed by atoms with E-state index in [2.05, 4.69) is 32.0 Å². The molecular formula is C20H21BrN4O3S. The Kier molecular flexibility index (Phi) is 4.45. The molecule has 5 rings (SSSR count). The van der Waals surface area contributed by atoms with E-state index in [9.17, 15) is 8.42 Å². The lowest BCUT2D eigenvalue weighted by molar-refractivity contribution is -0.143. The fourth-order valence-electron chi connectivity index (χ4n) is 4.47. The van der Waals surface area contributed by atoms with Gasteiger partial charge in [0.05, 0.1) is 18.0 Å². The standard InChI is InChI=1S/C20H21BrN4O3S/c1-29(26,27)24-10-6-20(7-11-24)25-18(16-12-15(21)2-3-19(16)28-20)13-17(23-25)14-4-8-22-9-5-14/h2-5,8-9,12,18H,6-7,10-11,13H2,1H3/t18-/m1/s1. The van der Waals surface area contributed by atoms with Gasteiger partial charge in [-0.1, -0.05) is 15.9 Å². The van der Waals surface area contributed by atoms with Crippen LogP contribution in [0, 0.1) is 0 Å². The van der Waals surface area contributed by atoms with Crippen molar-refractivity contribution < 1.29 is 13.2 Å². The lowest BCUT2D eigenvalue weighted by atomic mass is 9.91. The molecule has 1 aromatic heterocycles. The molecule has 1 aromatic carbocycles. The summed E-state index contributed by atoms with van der Waals surface area (Å²) < 4.78 is 33.0. The van der Waals surface area contributed by atoms with E-state index in [0.29, 0.717) is 25.9 Å². The van der Waals surface area contributed by atoms with Crippen LogP contribution in [0.5, 0.6) is 5.75 Å². The third kappa shape index (κ3) is 3.25. The van der Waals surface area contributed by atoms with Crippen LogP contribution in [0.1, 0.15) is 36.4 Å². The van der Waals surface area contributed by atoms with Crippen LogP contribution < -0.4 is 4.74 Å². The summed E-state index contributed by atoms with van der Waals surface area (Å²) in [5, 5.41) is 7.07. The molecule has 0 aliphatic carbocycles. The molecule has 0 radical (unpaired) electrons. The average Bonchev–Trinajstić information content (AvgIpc) is 3.16. The lowest BCUT2D eigenvalue weighted by Gasteiger charge is -2.50. The van der Waals surface area contributed by atoms with Crippen molar-refractivity contribution in [2.24, 2.45) is 5.10 Å². The molecule has 4 heterocycles. The number of pyridine rings is 1. The molecule has 1 spiro atoms. The van der Waals surface area contributed by atoms with Crippen molar-refractivity contribution in [2.75, 3.05) is 19.3 Å². The van der Waals surface area contributed by atoms with Gasteiger partial charge in [-0.25, -0.2) is 17.7 Å². The zero-order valence-corrected chi connectivity index (χ0v) is 18.4. The molecular weight excluding hydrogens is 456 g/mol. The highest BCUT2D eigenvalue weighted by molar-refractivity contribution is 9.10. The first-order valence-corrected chi connectivity index (χ1v) is 12.2. The van der Waals surface area contributed by atoms with Gasteiger partial charge in [0.2, 0.25) is 15.7 Å². The quantitative estimate of drug-likeness (QED) is 0.665. The molecule has 0 saturated carbocycles. The number of rotatable bonds is 2. The van der Waals surface area contributed by atoms with Gasteiger partial charge in [-0.15, -0.1) is 0 Å². The zero-order valence-electron chi connectivity index (χ0n) is 16.0. The number of hydrogen-bond acceptors (Lipinski definition) is 6. The summed E-state index contributed by atoms with van der Waals surface area (Å²) in [6.45, 7) is 0.849. The number of sulfonamides is 1. The highest BCUT2D eigenvalue weighted by Crippen LogP contribution is 2.50. The summed E-state index contributed by atoms with van der Waals surface area (Å²) in [6, 6.07) is 10.1. The van der Waals surface area contributed by atoms with Gasteiger partial charge in [-0.2, -0.15) is 5.10 Å². The van der Waals surface area contributed by atoms with Crippen LogP contribution in [0.2, 0.25) is 0 Å². The summed E-state index contributed by atoms with van der Waals surface area (Å²) in [7, 11) is -3.21. The van der Waals surface area contributed by atoms with E-state index in [1.165, 1.54) is 10.6 Å². The molecule has 0 bridgehead atoms. The Balaban J connectivity index is 1.55. The number of nitrogens with zero attached hydrogens (tertiary/aromatic N) is 4. The van der Waals surface area contributed by atoms with Gasteiger partial charge < -0.3 is 4.74 Å². The minimum Gasteiger partial charge on any atom is -0.466 e. The summed E-state index contributed by atoms with van der Waals surface area (Å²) in [4.78, 5) is 4.11. The maximum atomic E-state index is 12.0. The van der Waals surface area contributed by atoms with Crippen molar-refractivity contribution in [1.82, 2.24) is 14.3 Å². The second-order valence-electron chi connectivity index (χ2n) is 7.74. The van der Waals surface area contributed by atoms with Gasteiger partial charge in [-0.3, -0.25) is 4.98 Å². The van der Waals surface area contributed by atoms with E-state index in [1.54, 1.807) is 12.4 Å². The number of fused-ring (bicyclic) bond motifs is 4. The smallest absolute Gasteiger partial charge is 0.211 e. The molecule has 1 atom stereocenters. The average molecular weight is 477 g/mol. The summed E-state index contributed by atoms with van der Waals surface area (Å²) >= 11 is 3.57. The molecule has 29 heavy (non-hydrogen) atoms. The molecule has 9 heteroatoms. The van der Waals surface area contributed by atoms with Crippen LogP contribution in [0.3, 0.4) is 0 Å². The molecule has 3 aliphatic rings. The second kappa shape index (κ2) is 6.78. The molecule has 0 amide bonds. The number of halogens is 1. The van der Waals surface area contributed by atoms with Crippen molar-refractivity contribution in [3.8, 4) is 5.75 Å². The second-order valence-corrected chi connectivity index (χ2v) is 10.6. The molecule has 0 N–H and O–H groups in total. The fourth-order valence-corrected chi connectivity index (χ4v) is 5.69. The predicted molar refractivity (Wildman–Crippen MR) is 113 cm³/mol. The number of ether oxygens (including phenoxy) is 1. The Labute approximate surface area is 178 Å². The number of hydrazone groups is 1. The number of hydrogen-bond donors (Lipinski definition) is 0. The minimum absolute atomic E-state index is 0.0594. The van der Waals surface area contributed by atoms with E-state index in [0.717, 1.165) is 33.5 Å². The first kappa shape index (κ1) is 19.0. The fraction of sp³-hybridized carbons (Fsp3) is 0.400. The van der Waals surface area contributed by atoms with Gasteiger partial charge in [0.15, 0.2) is 0 Å². The van der Waals surface area contributed by atoms with Crippen molar-refractivity contribution in [3.63, 3.8) is 0 Å². The maximum absolute atomic E-state index is 12.0. The van der Waals surface area contributed by atoms with E-state index in [4.69, 9.17) is 9.84 Å². The zero-order chi connectivity index (χ0) is 20.2. The highest BCUT2D eigenvalue weighted by atomic mass is 79.9. The van der Waals surface area contributed by atoms with E-state index < -0.39 is 15.7 Å². The van der Waals surface area contributed by atoms with E-state index >= 15 is 0 Å². The Morgan fingerprint density at radius 2 is 1.90 bits per heavy atom. The van der Waals surface area contributed by atoms with Crippen molar-refractivity contribution in [1.29, 1.82) is 0 Å². The number of benzene rings is 1. The van der Waals surface area contributed by atoms with Crippen molar-refractivity contribution in [3.05, 3.63) is 58.3 Å². The van der Waals surface area contributed by atoms with Crippen molar-refractivity contribution >= 4 is 31.7 Å². The first-order valence-electron chi connectivity index (χ1n) is 9.57. The van der Waals surface area contributed by atoms with Crippen LogP contribution in [-0.2, 0) is 10.0 Å². The van der Waals surface area contributed by atoms with E-state index in [-0.39, 0.29) is 6.04 Å². The highest BCUT2D eigenvalue weighted by Gasteiger charge is 2.52. The Hall–Kier alpha value is -1.97. The predicted octanol–water partition coefficient (Wildman–Crippen LogP) is 3.14. The topological polar surface area (TPSA) is 75.1 Å². The molecule has 2 aromatic rings. The third-order valence-electron chi connectivity index (χ3n) is 5.94. The largest absolute Gasteiger partial charge is 0.466 e. The Morgan fingerprint density at radius 1 is 1.17 bits per heavy atom. The van der Waals surface area contributed by atoms with E-state index in [1.807, 2.05) is 24.3 Å². The summed E-state index contributed by atoms with van der Waals surface area (Å²) in [6.07, 6.45) is 6.72.